The van der Waals surface area contributed by atoms with Crippen molar-refractivity contribution in [3.8, 4) is 5.75 Å². The first-order valence-corrected chi connectivity index (χ1v) is 6.65. The van der Waals surface area contributed by atoms with Crippen LogP contribution in [0.4, 0.5) is 5.69 Å². The van der Waals surface area contributed by atoms with Crippen molar-refractivity contribution in [2.45, 2.75) is 51.9 Å². The summed E-state index contributed by atoms with van der Waals surface area (Å²) >= 11 is 0. The maximum absolute atomic E-state index is 5.76. The molecule has 18 heavy (non-hydrogen) atoms. The fourth-order valence-electron chi connectivity index (χ4n) is 2.63. The van der Waals surface area contributed by atoms with Gasteiger partial charge < -0.3 is 14.8 Å². The molecule has 1 aromatic carbocycles. The van der Waals surface area contributed by atoms with Gasteiger partial charge in [0.1, 0.15) is 5.75 Å². The Morgan fingerprint density at radius 2 is 1.89 bits per heavy atom. The molecule has 2 rings (SSSR count). The number of benzene rings is 1. The molecule has 2 unspecified atom stereocenters. The lowest BCUT2D eigenvalue weighted by molar-refractivity contribution is -0.0337. The summed E-state index contributed by atoms with van der Waals surface area (Å²) in [6.07, 6.45) is 2.77. The number of ether oxygens (including phenoxy) is 2. The smallest absolute Gasteiger partial charge is 0.120 e. The van der Waals surface area contributed by atoms with Crippen molar-refractivity contribution < 1.29 is 9.47 Å². The average molecular weight is 249 g/mol. The van der Waals surface area contributed by atoms with E-state index in [4.69, 9.17) is 9.47 Å². The highest BCUT2D eigenvalue weighted by molar-refractivity contribution is 5.55. The summed E-state index contributed by atoms with van der Waals surface area (Å²) in [5.74, 6) is 0.899. The Balaban J connectivity index is 2.08. The van der Waals surface area contributed by atoms with E-state index in [0.29, 0.717) is 18.2 Å². The summed E-state index contributed by atoms with van der Waals surface area (Å²) in [5, 5.41) is 3.62. The summed E-state index contributed by atoms with van der Waals surface area (Å²) < 4.78 is 11.0. The zero-order valence-corrected chi connectivity index (χ0v) is 11.7. The Hall–Kier alpha value is -1.22. The van der Waals surface area contributed by atoms with Crippen LogP contribution in [0.3, 0.4) is 0 Å². The maximum Gasteiger partial charge on any atom is 0.120 e. The maximum atomic E-state index is 5.76. The fraction of sp³-hybridized carbons (Fsp3) is 0.600. The number of anilines is 1. The van der Waals surface area contributed by atoms with Gasteiger partial charge in [0.05, 0.1) is 19.3 Å². The first-order chi connectivity index (χ1) is 8.58. The van der Waals surface area contributed by atoms with Crippen molar-refractivity contribution in [2.24, 2.45) is 0 Å². The molecule has 0 saturated carbocycles. The number of hydrogen-bond donors (Lipinski definition) is 1. The summed E-state index contributed by atoms with van der Waals surface area (Å²) in [6, 6.07) is 6.64. The van der Waals surface area contributed by atoms with Gasteiger partial charge in [0.15, 0.2) is 0 Å². The highest BCUT2D eigenvalue weighted by Gasteiger charge is 2.24. The van der Waals surface area contributed by atoms with Crippen LogP contribution in [-0.4, -0.2) is 25.4 Å². The van der Waals surface area contributed by atoms with Crippen LogP contribution in [0, 0.1) is 6.92 Å². The summed E-state index contributed by atoms with van der Waals surface area (Å²) in [4.78, 5) is 0. The molecule has 1 aliphatic rings. The van der Waals surface area contributed by atoms with Gasteiger partial charge in [-0.05, 0) is 45.2 Å². The van der Waals surface area contributed by atoms with Crippen molar-refractivity contribution in [1.82, 2.24) is 0 Å². The SMILES string of the molecule is COc1ccc(C)c(NC2CC(C)OC(C)C2)c1. The molecular formula is C15H23NO2. The minimum atomic E-state index is 0.331. The molecule has 0 bridgehead atoms. The van der Waals surface area contributed by atoms with Gasteiger partial charge in [0.25, 0.3) is 0 Å². The molecule has 0 spiro atoms. The van der Waals surface area contributed by atoms with E-state index < -0.39 is 0 Å². The Kier molecular flexibility index (Phi) is 4.12. The normalized spacial score (nSPS) is 27.9. The van der Waals surface area contributed by atoms with E-state index in [1.807, 2.05) is 6.07 Å². The first-order valence-electron chi connectivity index (χ1n) is 6.65. The third kappa shape index (κ3) is 3.16. The van der Waals surface area contributed by atoms with E-state index in [-0.39, 0.29) is 0 Å². The van der Waals surface area contributed by atoms with Crippen molar-refractivity contribution in [3.05, 3.63) is 23.8 Å². The van der Waals surface area contributed by atoms with Gasteiger partial charge in [0.2, 0.25) is 0 Å². The molecule has 2 atom stereocenters. The van der Waals surface area contributed by atoms with Crippen LogP contribution in [0.15, 0.2) is 18.2 Å². The summed E-state index contributed by atoms with van der Waals surface area (Å²) in [7, 11) is 1.70. The van der Waals surface area contributed by atoms with Gasteiger partial charge in [-0.1, -0.05) is 6.07 Å². The van der Waals surface area contributed by atoms with E-state index in [1.165, 1.54) is 11.3 Å². The van der Waals surface area contributed by atoms with Crippen LogP contribution in [0.2, 0.25) is 0 Å². The van der Waals surface area contributed by atoms with Crippen molar-refractivity contribution in [1.29, 1.82) is 0 Å². The molecule has 1 heterocycles. The predicted molar refractivity (Wildman–Crippen MR) is 74.4 cm³/mol. The first kappa shape index (κ1) is 13.2. The highest BCUT2D eigenvalue weighted by atomic mass is 16.5. The van der Waals surface area contributed by atoms with Crippen LogP contribution < -0.4 is 10.1 Å². The molecule has 100 valence electrons. The van der Waals surface area contributed by atoms with Gasteiger partial charge in [-0.15, -0.1) is 0 Å². The minimum Gasteiger partial charge on any atom is -0.497 e. The number of hydrogen-bond acceptors (Lipinski definition) is 3. The van der Waals surface area contributed by atoms with Crippen LogP contribution >= 0.6 is 0 Å². The molecule has 1 N–H and O–H groups in total. The van der Waals surface area contributed by atoms with E-state index in [2.05, 4.69) is 38.2 Å². The van der Waals surface area contributed by atoms with E-state index in [1.54, 1.807) is 7.11 Å². The molecule has 1 fully saturated rings. The summed E-state index contributed by atoms with van der Waals surface area (Å²) in [6.45, 7) is 6.40. The average Bonchev–Trinajstić information content (AvgIpc) is 2.30. The monoisotopic (exact) mass is 249 g/mol. The fourth-order valence-corrected chi connectivity index (χ4v) is 2.63. The number of nitrogens with one attached hydrogen (secondary N) is 1. The van der Waals surface area contributed by atoms with Gasteiger partial charge in [-0.2, -0.15) is 0 Å². The van der Waals surface area contributed by atoms with E-state index in [0.717, 1.165) is 18.6 Å². The lowest BCUT2D eigenvalue weighted by atomic mass is 9.99. The molecular weight excluding hydrogens is 226 g/mol. The molecule has 1 saturated heterocycles. The highest BCUT2D eigenvalue weighted by Crippen LogP contribution is 2.27. The van der Waals surface area contributed by atoms with Crippen LogP contribution in [0.5, 0.6) is 5.75 Å². The van der Waals surface area contributed by atoms with Gasteiger partial charge in [-0.25, -0.2) is 0 Å². The second-order valence-electron chi connectivity index (χ2n) is 5.25. The van der Waals surface area contributed by atoms with Crippen molar-refractivity contribution in [3.63, 3.8) is 0 Å². The van der Waals surface area contributed by atoms with E-state index >= 15 is 0 Å². The van der Waals surface area contributed by atoms with Crippen molar-refractivity contribution >= 4 is 5.69 Å². The minimum absolute atomic E-state index is 0.331. The van der Waals surface area contributed by atoms with Crippen LogP contribution in [0.1, 0.15) is 32.3 Å². The Bertz CT molecular complexity index is 395. The van der Waals surface area contributed by atoms with Crippen LogP contribution in [0.25, 0.3) is 0 Å². The third-order valence-corrected chi connectivity index (χ3v) is 3.50. The zero-order valence-electron chi connectivity index (χ0n) is 11.7. The molecule has 1 aromatic rings. The van der Waals surface area contributed by atoms with Crippen LogP contribution in [-0.2, 0) is 4.74 Å². The summed E-state index contributed by atoms with van der Waals surface area (Å²) in [5.41, 5.74) is 2.42. The Morgan fingerprint density at radius 3 is 2.50 bits per heavy atom. The van der Waals surface area contributed by atoms with E-state index in [9.17, 15) is 0 Å². The zero-order chi connectivity index (χ0) is 13.1. The Labute approximate surface area is 109 Å². The largest absolute Gasteiger partial charge is 0.497 e. The molecule has 0 radical (unpaired) electrons. The molecule has 1 aliphatic heterocycles. The number of rotatable bonds is 3. The second kappa shape index (κ2) is 5.61. The molecule has 0 aromatic heterocycles. The topological polar surface area (TPSA) is 30.5 Å². The number of methoxy groups -OCH3 is 1. The standard InChI is InChI=1S/C15H23NO2/c1-10-5-6-14(17-4)9-15(10)16-13-7-11(2)18-12(3)8-13/h5-6,9,11-13,16H,7-8H2,1-4H3. The van der Waals surface area contributed by atoms with Crippen molar-refractivity contribution in [2.75, 3.05) is 12.4 Å². The lowest BCUT2D eigenvalue weighted by Crippen LogP contribution is -2.37. The van der Waals surface area contributed by atoms with Gasteiger partial charge in [0, 0.05) is 17.8 Å². The quantitative estimate of drug-likeness (QED) is 0.891. The lowest BCUT2D eigenvalue weighted by Gasteiger charge is -2.33. The van der Waals surface area contributed by atoms with Gasteiger partial charge in [-0.3, -0.25) is 0 Å². The molecule has 3 nitrogen and oxygen atoms in total. The molecule has 0 aliphatic carbocycles. The Morgan fingerprint density at radius 1 is 1.22 bits per heavy atom. The number of aryl methyl sites for hydroxylation is 1. The molecule has 3 heteroatoms. The third-order valence-electron chi connectivity index (χ3n) is 3.50. The predicted octanol–water partition coefficient (Wildman–Crippen LogP) is 3.37. The second-order valence-corrected chi connectivity index (χ2v) is 5.25. The molecule has 0 amide bonds. The van der Waals surface area contributed by atoms with Gasteiger partial charge >= 0.3 is 0 Å².